The minimum Gasteiger partial charge on any atom is -0.204 e. The predicted molar refractivity (Wildman–Crippen MR) is 69.6 cm³/mol. The van der Waals surface area contributed by atoms with Crippen molar-refractivity contribution < 1.29 is 8.78 Å². The van der Waals surface area contributed by atoms with Crippen LogP contribution < -0.4 is 0 Å². The summed E-state index contributed by atoms with van der Waals surface area (Å²) >= 11 is 9.48. The average molecular weight is 324 g/mol. The lowest BCUT2D eigenvalue weighted by atomic mass is 9.98. The highest BCUT2D eigenvalue weighted by atomic mass is 79.9. The molecular weight excluding hydrogens is 309 g/mol. The Labute approximate surface area is 113 Å². The number of benzene rings is 1. The van der Waals surface area contributed by atoms with Crippen LogP contribution in [-0.2, 0) is 0 Å². The van der Waals surface area contributed by atoms with Crippen molar-refractivity contribution in [3.05, 3.63) is 34.4 Å². The van der Waals surface area contributed by atoms with E-state index in [4.69, 9.17) is 11.6 Å². The molecule has 1 aromatic carbocycles. The third kappa shape index (κ3) is 3.19. The number of hydrogen-bond donors (Lipinski definition) is 0. The van der Waals surface area contributed by atoms with Gasteiger partial charge in [0, 0.05) is 9.85 Å². The summed E-state index contributed by atoms with van der Waals surface area (Å²) in [5.74, 6) is -1.05. The molecule has 4 heteroatoms. The molecule has 0 heterocycles. The van der Waals surface area contributed by atoms with Crippen LogP contribution in [-0.4, -0.2) is 0 Å². The normalized spacial score (nSPS) is 18.6. The van der Waals surface area contributed by atoms with Crippen molar-refractivity contribution in [1.82, 2.24) is 0 Å². The lowest BCUT2D eigenvalue weighted by molar-refractivity contribution is 0.492. The molecule has 1 aliphatic carbocycles. The van der Waals surface area contributed by atoms with Crippen molar-refractivity contribution >= 4 is 27.5 Å². The predicted octanol–water partition coefficient (Wildman–Crippen LogP) is 5.63. The van der Waals surface area contributed by atoms with Crippen LogP contribution >= 0.6 is 27.5 Å². The highest BCUT2D eigenvalue weighted by molar-refractivity contribution is 9.09. The molecule has 0 aromatic heterocycles. The van der Waals surface area contributed by atoms with Gasteiger partial charge in [-0.2, -0.15) is 0 Å². The van der Waals surface area contributed by atoms with Crippen LogP contribution in [0.4, 0.5) is 8.78 Å². The number of halogens is 4. The van der Waals surface area contributed by atoms with E-state index < -0.39 is 11.6 Å². The molecule has 0 saturated heterocycles. The summed E-state index contributed by atoms with van der Waals surface area (Å²) in [4.78, 5) is 0.00759. The van der Waals surface area contributed by atoms with E-state index in [1.54, 1.807) is 0 Å². The molecule has 0 spiro atoms. The Hall–Kier alpha value is -0.150. The lowest BCUT2D eigenvalue weighted by Gasteiger charge is -2.16. The molecule has 0 amide bonds. The van der Waals surface area contributed by atoms with Gasteiger partial charge < -0.3 is 0 Å². The van der Waals surface area contributed by atoms with Gasteiger partial charge in [-0.15, -0.1) is 0 Å². The van der Waals surface area contributed by atoms with Gasteiger partial charge in [-0.05, 0) is 30.0 Å². The first-order valence-corrected chi connectivity index (χ1v) is 7.16. The highest BCUT2D eigenvalue weighted by Gasteiger charge is 2.22. The van der Waals surface area contributed by atoms with Crippen molar-refractivity contribution in [3.8, 4) is 0 Å². The zero-order valence-electron chi connectivity index (χ0n) is 9.36. The summed E-state index contributed by atoms with van der Waals surface area (Å²) in [6.45, 7) is 0. The van der Waals surface area contributed by atoms with E-state index in [-0.39, 0.29) is 4.83 Å². The molecule has 94 valence electrons. The maximum atomic E-state index is 13.2. The number of hydrogen-bond acceptors (Lipinski definition) is 0. The van der Waals surface area contributed by atoms with Crippen LogP contribution in [0.5, 0.6) is 0 Å². The summed E-state index contributed by atoms with van der Waals surface area (Å²) < 4.78 is 26.1. The van der Waals surface area contributed by atoms with Crippen LogP contribution in [0.2, 0.25) is 5.02 Å². The SMILES string of the molecule is Fc1cc(Cl)c(C(Br)CC2CCCC2)cc1F. The molecule has 1 saturated carbocycles. The minimum atomic E-state index is -0.890. The van der Waals surface area contributed by atoms with Crippen molar-refractivity contribution in [2.24, 2.45) is 5.92 Å². The molecule has 0 radical (unpaired) electrons. The fourth-order valence-corrected chi connectivity index (χ4v) is 3.76. The maximum Gasteiger partial charge on any atom is 0.160 e. The van der Waals surface area contributed by atoms with Gasteiger partial charge in [0.25, 0.3) is 0 Å². The van der Waals surface area contributed by atoms with E-state index >= 15 is 0 Å². The van der Waals surface area contributed by atoms with Gasteiger partial charge in [0.1, 0.15) is 0 Å². The topological polar surface area (TPSA) is 0 Å². The third-order valence-electron chi connectivity index (χ3n) is 3.39. The molecule has 1 atom stereocenters. The molecule has 1 aromatic rings. The maximum absolute atomic E-state index is 13.2. The van der Waals surface area contributed by atoms with Gasteiger partial charge in [-0.25, -0.2) is 8.78 Å². The molecule has 2 rings (SSSR count). The Morgan fingerprint density at radius 3 is 2.47 bits per heavy atom. The molecule has 0 N–H and O–H groups in total. The van der Waals surface area contributed by atoms with Crippen molar-refractivity contribution in [2.45, 2.75) is 36.9 Å². The van der Waals surface area contributed by atoms with Crippen LogP contribution in [0, 0.1) is 17.6 Å². The Kier molecular flexibility index (Phi) is 4.42. The molecule has 0 aliphatic heterocycles. The second-order valence-electron chi connectivity index (χ2n) is 4.64. The average Bonchev–Trinajstić information content (AvgIpc) is 2.76. The Balaban J connectivity index is 2.12. The second-order valence-corrected chi connectivity index (χ2v) is 6.15. The van der Waals surface area contributed by atoms with Crippen LogP contribution in [0.15, 0.2) is 12.1 Å². The molecule has 1 fully saturated rings. The largest absolute Gasteiger partial charge is 0.204 e. The molecule has 1 aliphatic rings. The van der Waals surface area contributed by atoms with E-state index in [0.717, 1.165) is 12.5 Å². The first-order valence-electron chi connectivity index (χ1n) is 5.86. The summed E-state index contributed by atoms with van der Waals surface area (Å²) in [6.07, 6.45) is 5.93. The van der Waals surface area contributed by atoms with Crippen molar-refractivity contribution in [2.75, 3.05) is 0 Å². The monoisotopic (exact) mass is 322 g/mol. The van der Waals surface area contributed by atoms with E-state index in [1.807, 2.05) is 0 Å². The Morgan fingerprint density at radius 2 is 1.82 bits per heavy atom. The van der Waals surface area contributed by atoms with Gasteiger partial charge in [0.2, 0.25) is 0 Å². The fraction of sp³-hybridized carbons (Fsp3) is 0.538. The van der Waals surface area contributed by atoms with E-state index in [1.165, 1.54) is 31.7 Å². The first-order chi connectivity index (χ1) is 8.08. The second kappa shape index (κ2) is 5.66. The van der Waals surface area contributed by atoms with E-state index in [0.29, 0.717) is 16.5 Å². The van der Waals surface area contributed by atoms with Gasteiger partial charge in [0.15, 0.2) is 11.6 Å². The third-order valence-corrected chi connectivity index (χ3v) is 4.59. The van der Waals surface area contributed by atoms with Gasteiger partial charge in [-0.1, -0.05) is 53.2 Å². The van der Waals surface area contributed by atoms with E-state index in [2.05, 4.69) is 15.9 Å². The Morgan fingerprint density at radius 1 is 1.24 bits per heavy atom. The standard InChI is InChI=1S/C13H14BrClF2/c14-10(5-8-3-1-2-4-8)9-6-12(16)13(17)7-11(9)15/h6-8,10H,1-5H2. The highest BCUT2D eigenvalue weighted by Crippen LogP contribution is 2.40. The Bertz CT molecular complexity index is 403. The smallest absolute Gasteiger partial charge is 0.160 e. The van der Waals surface area contributed by atoms with Gasteiger partial charge >= 0.3 is 0 Å². The van der Waals surface area contributed by atoms with Crippen molar-refractivity contribution in [3.63, 3.8) is 0 Å². The summed E-state index contributed by atoms with van der Waals surface area (Å²) in [5.41, 5.74) is 0.650. The molecule has 1 unspecified atom stereocenters. The zero-order valence-corrected chi connectivity index (χ0v) is 11.7. The fourth-order valence-electron chi connectivity index (χ4n) is 2.44. The van der Waals surface area contributed by atoms with E-state index in [9.17, 15) is 8.78 Å². The summed E-state index contributed by atoms with van der Waals surface area (Å²) in [7, 11) is 0. The summed E-state index contributed by atoms with van der Waals surface area (Å²) in [6, 6.07) is 2.25. The number of rotatable bonds is 3. The van der Waals surface area contributed by atoms with Crippen LogP contribution in [0.1, 0.15) is 42.5 Å². The van der Waals surface area contributed by atoms with Gasteiger partial charge in [-0.3, -0.25) is 0 Å². The quantitative estimate of drug-likeness (QED) is 0.499. The molecule has 0 nitrogen and oxygen atoms in total. The molecular formula is C13H14BrClF2. The number of alkyl halides is 1. The minimum absolute atomic E-state index is 0.00759. The van der Waals surface area contributed by atoms with Crippen molar-refractivity contribution in [1.29, 1.82) is 0 Å². The summed E-state index contributed by atoms with van der Waals surface area (Å²) in [5, 5.41) is 0.295. The lowest BCUT2D eigenvalue weighted by Crippen LogP contribution is -2.01. The van der Waals surface area contributed by atoms with Crippen LogP contribution in [0.3, 0.4) is 0 Å². The van der Waals surface area contributed by atoms with Crippen LogP contribution in [0.25, 0.3) is 0 Å². The zero-order chi connectivity index (χ0) is 12.4. The molecule has 0 bridgehead atoms. The van der Waals surface area contributed by atoms with Gasteiger partial charge in [0.05, 0.1) is 0 Å². The first kappa shape index (κ1) is 13.3. The molecule has 17 heavy (non-hydrogen) atoms.